The fourth-order valence-corrected chi connectivity index (χ4v) is 3.50. The molecule has 4 nitrogen and oxygen atoms in total. The van der Waals surface area contributed by atoms with Crippen LogP contribution in [0.15, 0.2) is 12.1 Å². The number of hydrogen-bond acceptors (Lipinski definition) is 4. The van der Waals surface area contributed by atoms with E-state index >= 15 is 0 Å². The topological polar surface area (TPSA) is 68.0 Å². The lowest BCUT2D eigenvalue weighted by molar-refractivity contribution is 0.0942. The molecular formula is C15H19N3OS. The third kappa shape index (κ3) is 2.63. The molecule has 0 aromatic carbocycles. The second-order valence-electron chi connectivity index (χ2n) is 5.70. The van der Waals surface area contributed by atoms with E-state index in [9.17, 15) is 4.79 Å². The molecule has 2 aromatic heterocycles. The van der Waals surface area contributed by atoms with Crippen LogP contribution < -0.4 is 11.1 Å². The van der Waals surface area contributed by atoms with Gasteiger partial charge in [-0.25, -0.2) is 4.98 Å². The highest BCUT2D eigenvalue weighted by Gasteiger charge is 2.25. The predicted molar refractivity (Wildman–Crippen MR) is 83.0 cm³/mol. The average molecular weight is 289 g/mol. The molecule has 0 spiro atoms. The van der Waals surface area contributed by atoms with E-state index in [2.05, 4.69) is 17.2 Å². The first kappa shape index (κ1) is 13.4. The smallest absolute Gasteiger partial charge is 0.263 e. The summed E-state index contributed by atoms with van der Waals surface area (Å²) < 4.78 is 0. The van der Waals surface area contributed by atoms with Crippen molar-refractivity contribution in [2.75, 3.05) is 5.73 Å². The van der Waals surface area contributed by atoms with Crippen molar-refractivity contribution < 1.29 is 4.79 Å². The maximum atomic E-state index is 12.3. The summed E-state index contributed by atoms with van der Waals surface area (Å²) in [6.45, 7) is 3.99. The summed E-state index contributed by atoms with van der Waals surface area (Å²) in [5.41, 5.74) is 7.58. The van der Waals surface area contributed by atoms with Crippen LogP contribution in [0.3, 0.4) is 0 Å². The summed E-state index contributed by atoms with van der Waals surface area (Å²) in [6, 6.07) is 4.06. The molecule has 0 radical (unpaired) electrons. The number of carbonyl (C=O) groups is 1. The van der Waals surface area contributed by atoms with Crippen LogP contribution >= 0.6 is 11.3 Å². The van der Waals surface area contributed by atoms with Crippen LogP contribution in [0.4, 0.5) is 5.69 Å². The van der Waals surface area contributed by atoms with Crippen molar-refractivity contribution in [3.8, 4) is 0 Å². The number of aromatic nitrogens is 1. The highest BCUT2D eigenvalue weighted by atomic mass is 32.1. The van der Waals surface area contributed by atoms with E-state index in [0.29, 0.717) is 10.6 Å². The number of nitrogens with two attached hydrogens (primary N) is 1. The minimum absolute atomic E-state index is 0.0729. The van der Waals surface area contributed by atoms with Crippen LogP contribution in [0.1, 0.15) is 41.6 Å². The van der Waals surface area contributed by atoms with Crippen molar-refractivity contribution in [3.05, 3.63) is 22.7 Å². The third-order valence-corrected chi connectivity index (χ3v) is 4.81. The van der Waals surface area contributed by atoms with Gasteiger partial charge < -0.3 is 11.1 Å². The van der Waals surface area contributed by atoms with E-state index in [-0.39, 0.29) is 11.9 Å². The molecule has 1 unspecified atom stereocenters. The molecule has 5 heteroatoms. The van der Waals surface area contributed by atoms with E-state index in [4.69, 9.17) is 5.73 Å². The van der Waals surface area contributed by atoms with Gasteiger partial charge in [-0.2, -0.15) is 0 Å². The molecule has 3 N–H and O–H groups in total. The Morgan fingerprint density at radius 1 is 1.55 bits per heavy atom. The molecule has 106 valence electrons. The Kier molecular flexibility index (Phi) is 3.38. The lowest BCUT2D eigenvalue weighted by atomic mass is 10.1. The van der Waals surface area contributed by atoms with Crippen molar-refractivity contribution in [1.82, 2.24) is 10.3 Å². The van der Waals surface area contributed by atoms with Gasteiger partial charge in [-0.15, -0.1) is 11.3 Å². The summed E-state index contributed by atoms with van der Waals surface area (Å²) in [5, 5.41) is 3.92. The van der Waals surface area contributed by atoms with E-state index in [0.717, 1.165) is 28.2 Å². The number of thiophene rings is 1. The lowest BCUT2D eigenvalue weighted by Crippen LogP contribution is -2.32. The van der Waals surface area contributed by atoms with Crippen molar-refractivity contribution in [2.24, 2.45) is 5.92 Å². The van der Waals surface area contributed by atoms with Gasteiger partial charge in [0.2, 0.25) is 0 Å². The summed E-state index contributed by atoms with van der Waals surface area (Å²) in [6.07, 6.45) is 3.66. The Labute approximate surface area is 122 Å². The van der Waals surface area contributed by atoms with Crippen LogP contribution in [0.25, 0.3) is 10.2 Å². The number of hydrogen-bond donors (Lipinski definition) is 2. The molecule has 0 bridgehead atoms. The molecule has 1 aliphatic carbocycles. The summed E-state index contributed by atoms with van der Waals surface area (Å²) in [4.78, 5) is 18.2. The van der Waals surface area contributed by atoms with Gasteiger partial charge in [0, 0.05) is 17.1 Å². The number of nitrogen functional groups attached to an aromatic ring is 1. The van der Waals surface area contributed by atoms with E-state index in [1.807, 2.05) is 19.1 Å². The number of nitrogens with one attached hydrogen (secondary N) is 1. The van der Waals surface area contributed by atoms with Crippen LogP contribution in [-0.2, 0) is 0 Å². The predicted octanol–water partition coefficient (Wildman–Crippen LogP) is 3.11. The average Bonchev–Trinajstić information content (AvgIpc) is 3.12. The Balaban J connectivity index is 1.81. The van der Waals surface area contributed by atoms with Crippen molar-refractivity contribution in [2.45, 2.75) is 39.2 Å². The minimum atomic E-state index is -0.0729. The molecule has 20 heavy (non-hydrogen) atoms. The number of pyridine rings is 1. The normalized spacial score (nSPS) is 16.3. The minimum Gasteiger partial charge on any atom is -0.397 e. The van der Waals surface area contributed by atoms with E-state index in [1.165, 1.54) is 24.2 Å². The summed E-state index contributed by atoms with van der Waals surface area (Å²) >= 11 is 1.37. The van der Waals surface area contributed by atoms with Gasteiger partial charge in [-0.3, -0.25) is 4.79 Å². The van der Waals surface area contributed by atoms with Gasteiger partial charge in [-0.05, 0) is 38.3 Å². The quantitative estimate of drug-likeness (QED) is 0.908. The van der Waals surface area contributed by atoms with Crippen molar-refractivity contribution in [3.63, 3.8) is 0 Å². The Morgan fingerprint density at radius 2 is 2.30 bits per heavy atom. The first-order chi connectivity index (χ1) is 9.54. The zero-order valence-electron chi connectivity index (χ0n) is 11.8. The van der Waals surface area contributed by atoms with Crippen molar-refractivity contribution >= 4 is 33.1 Å². The number of carbonyl (C=O) groups excluding carboxylic acids is 1. The molecule has 0 aliphatic heterocycles. The first-order valence-corrected chi connectivity index (χ1v) is 7.82. The molecule has 1 atom stereocenters. The van der Waals surface area contributed by atoms with Gasteiger partial charge in [0.15, 0.2) is 0 Å². The maximum absolute atomic E-state index is 12.3. The van der Waals surface area contributed by atoms with E-state index in [1.54, 1.807) is 0 Å². The zero-order valence-corrected chi connectivity index (χ0v) is 12.6. The van der Waals surface area contributed by atoms with Gasteiger partial charge >= 0.3 is 0 Å². The van der Waals surface area contributed by atoms with E-state index < -0.39 is 0 Å². The Hall–Kier alpha value is -1.62. The number of aryl methyl sites for hydroxylation is 1. The molecule has 2 heterocycles. The highest BCUT2D eigenvalue weighted by molar-refractivity contribution is 7.21. The molecule has 1 aliphatic rings. The first-order valence-electron chi connectivity index (χ1n) is 7.01. The van der Waals surface area contributed by atoms with Crippen molar-refractivity contribution in [1.29, 1.82) is 0 Å². The third-order valence-electron chi connectivity index (χ3n) is 3.70. The fourth-order valence-electron chi connectivity index (χ4n) is 2.46. The second-order valence-corrected chi connectivity index (χ2v) is 6.70. The molecule has 1 saturated carbocycles. The fraction of sp³-hybridized carbons (Fsp3) is 0.467. The van der Waals surface area contributed by atoms with Crippen LogP contribution in [0.2, 0.25) is 0 Å². The lowest BCUT2D eigenvalue weighted by Gasteiger charge is -2.12. The number of nitrogens with zero attached hydrogens (tertiary/aromatic N) is 1. The molecule has 2 aromatic rings. The number of fused-ring (bicyclic) bond motifs is 1. The van der Waals surface area contributed by atoms with Crippen LogP contribution in [0.5, 0.6) is 0 Å². The largest absolute Gasteiger partial charge is 0.397 e. The molecular weight excluding hydrogens is 270 g/mol. The second kappa shape index (κ2) is 5.05. The Morgan fingerprint density at radius 3 is 3.00 bits per heavy atom. The molecule has 1 amide bonds. The number of rotatable bonds is 4. The highest BCUT2D eigenvalue weighted by Crippen LogP contribution is 2.34. The monoisotopic (exact) mass is 289 g/mol. The summed E-state index contributed by atoms with van der Waals surface area (Å²) in [7, 11) is 0. The standard InChI is InChI=1S/C15H19N3OS/c1-8-3-6-11-12(16)13(20-15(11)18-8)14(19)17-9(2)7-10-4-5-10/h3,6,9-10H,4-5,7,16H2,1-2H3,(H,17,19). The van der Waals surface area contributed by atoms with Gasteiger partial charge in [0.25, 0.3) is 5.91 Å². The molecule has 0 saturated heterocycles. The summed E-state index contributed by atoms with van der Waals surface area (Å²) in [5.74, 6) is 0.727. The van der Waals surface area contributed by atoms with Gasteiger partial charge in [0.1, 0.15) is 9.71 Å². The molecule has 3 rings (SSSR count). The van der Waals surface area contributed by atoms with Gasteiger partial charge in [-0.1, -0.05) is 12.8 Å². The zero-order chi connectivity index (χ0) is 14.3. The maximum Gasteiger partial charge on any atom is 0.263 e. The van der Waals surface area contributed by atoms with Gasteiger partial charge in [0.05, 0.1) is 5.69 Å². The Bertz CT molecular complexity index is 660. The molecule has 1 fully saturated rings. The SMILES string of the molecule is Cc1ccc2c(N)c(C(=O)NC(C)CC3CC3)sc2n1. The van der Waals surface area contributed by atoms with Crippen LogP contribution in [-0.4, -0.2) is 16.9 Å². The number of anilines is 1. The number of amides is 1. The van der Waals surface area contributed by atoms with Crippen LogP contribution in [0, 0.1) is 12.8 Å².